The number of nitro benzene ring substituents is 1. The van der Waals surface area contributed by atoms with E-state index in [1.165, 1.54) is 24.1 Å². The molecule has 0 unspecified atom stereocenters. The van der Waals surface area contributed by atoms with Crippen molar-refractivity contribution in [3.63, 3.8) is 0 Å². The van der Waals surface area contributed by atoms with E-state index in [0.29, 0.717) is 12.3 Å². The maximum Gasteiger partial charge on any atom is 0.286 e. The molecule has 0 atom stereocenters. The van der Waals surface area contributed by atoms with Crippen LogP contribution in [0.1, 0.15) is 17.3 Å². The van der Waals surface area contributed by atoms with Gasteiger partial charge in [0.05, 0.1) is 24.7 Å². The van der Waals surface area contributed by atoms with Gasteiger partial charge < -0.3 is 14.4 Å². The van der Waals surface area contributed by atoms with E-state index in [2.05, 4.69) is 6.58 Å². The largest absolute Gasteiger partial charge is 0.493 e. The molecule has 0 heterocycles. The highest BCUT2D eigenvalue weighted by Crippen LogP contribution is 2.36. The zero-order chi connectivity index (χ0) is 19.1. The van der Waals surface area contributed by atoms with Gasteiger partial charge in [-0.05, 0) is 19.1 Å². The lowest BCUT2D eigenvalue weighted by atomic mass is 10.1. The number of hydrogen-bond acceptors (Lipinski definition) is 5. The van der Waals surface area contributed by atoms with E-state index in [9.17, 15) is 14.9 Å². The molecule has 2 aromatic rings. The van der Waals surface area contributed by atoms with Gasteiger partial charge in [-0.3, -0.25) is 14.9 Å². The normalized spacial score (nSPS) is 10.1. The Balaban J connectivity index is 2.59. The Labute approximate surface area is 151 Å². The first-order valence-corrected chi connectivity index (χ1v) is 8.00. The van der Waals surface area contributed by atoms with Crippen LogP contribution in [0, 0.1) is 10.1 Å². The lowest BCUT2D eigenvalue weighted by Crippen LogP contribution is -2.31. The van der Waals surface area contributed by atoms with Gasteiger partial charge >= 0.3 is 0 Å². The number of anilines is 1. The monoisotopic (exact) mass is 356 g/mol. The van der Waals surface area contributed by atoms with Crippen molar-refractivity contribution in [3.8, 4) is 11.5 Å². The Morgan fingerprint density at radius 1 is 1.27 bits per heavy atom. The molecule has 0 saturated carbocycles. The van der Waals surface area contributed by atoms with Gasteiger partial charge in [-0.2, -0.15) is 0 Å². The van der Waals surface area contributed by atoms with Crippen molar-refractivity contribution < 1.29 is 19.2 Å². The number of carbonyl (C=O) groups is 1. The van der Waals surface area contributed by atoms with Gasteiger partial charge in [-0.15, -0.1) is 6.58 Å². The average molecular weight is 356 g/mol. The third-order valence-corrected chi connectivity index (χ3v) is 3.63. The molecule has 0 aromatic heterocycles. The summed E-state index contributed by atoms with van der Waals surface area (Å²) in [5, 5.41) is 11.5. The van der Waals surface area contributed by atoms with Crippen LogP contribution in [0.4, 0.5) is 11.4 Å². The standard InChI is InChI=1S/C19H20N2O5/c1-4-11-20(14-9-7-6-8-10-14)19(22)15-12-18(26-5-2)17(25-3)13-16(15)21(23)24/h4,6-10,12-13H,1,5,11H2,2-3H3. The predicted octanol–water partition coefficient (Wildman–Crippen LogP) is 3.83. The fourth-order valence-corrected chi connectivity index (χ4v) is 2.49. The fraction of sp³-hybridized carbons (Fsp3) is 0.211. The first-order chi connectivity index (χ1) is 12.5. The molecule has 0 aliphatic rings. The highest BCUT2D eigenvalue weighted by Gasteiger charge is 2.28. The summed E-state index contributed by atoms with van der Waals surface area (Å²) in [7, 11) is 1.39. The molecule has 2 aromatic carbocycles. The summed E-state index contributed by atoms with van der Waals surface area (Å²) in [6.07, 6.45) is 1.56. The molecule has 0 saturated heterocycles. The number of benzene rings is 2. The van der Waals surface area contributed by atoms with Gasteiger partial charge in [0.2, 0.25) is 0 Å². The zero-order valence-corrected chi connectivity index (χ0v) is 14.7. The lowest BCUT2D eigenvalue weighted by Gasteiger charge is -2.22. The molecule has 136 valence electrons. The summed E-state index contributed by atoms with van der Waals surface area (Å²) < 4.78 is 10.6. The molecule has 1 amide bonds. The van der Waals surface area contributed by atoms with Crippen LogP contribution in [-0.4, -0.2) is 31.1 Å². The van der Waals surface area contributed by atoms with Crippen molar-refractivity contribution in [1.29, 1.82) is 0 Å². The molecule has 26 heavy (non-hydrogen) atoms. The molecular formula is C19H20N2O5. The van der Waals surface area contributed by atoms with Crippen LogP contribution >= 0.6 is 0 Å². The fourth-order valence-electron chi connectivity index (χ4n) is 2.49. The van der Waals surface area contributed by atoms with Crippen LogP contribution in [-0.2, 0) is 0 Å². The number of nitro groups is 1. The summed E-state index contributed by atoms with van der Waals surface area (Å²) in [4.78, 5) is 25.4. The molecule has 0 aliphatic carbocycles. The summed E-state index contributed by atoms with van der Waals surface area (Å²) in [6, 6.07) is 11.4. The Bertz CT molecular complexity index is 805. The number of nitrogens with zero attached hydrogens (tertiary/aromatic N) is 2. The van der Waals surface area contributed by atoms with Gasteiger partial charge in [-0.1, -0.05) is 24.3 Å². The van der Waals surface area contributed by atoms with Crippen molar-refractivity contribution in [1.82, 2.24) is 0 Å². The van der Waals surface area contributed by atoms with Crippen LogP contribution in [0.15, 0.2) is 55.1 Å². The quantitative estimate of drug-likeness (QED) is 0.408. The highest BCUT2D eigenvalue weighted by molar-refractivity contribution is 6.09. The molecule has 2 rings (SSSR count). The number of amides is 1. The molecule has 0 fully saturated rings. The van der Waals surface area contributed by atoms with Crippen LogP contribution in [0.25, 0.3) is 0 Å². The van der Waals surface area contributed by atoms with Gasteiger partial charge in [0, 0.05) is 18.3 Å². The highest BCUT2D eigenvalue weighted by atomic mass is 16.6. The van der Waals surface area contributed by atoms with Gasteiger partial charge in [0.1, 0.15) is 5.56 Å². The molecular weight excluding hydrogens is 336 g/mol. The van der Waals surface area contributed by atoms with E-state index in [4.69, 9.17) is 9.47 Å². The Morgan fingerprint density at radius 2 is 1.96 bits per heavy atom. The van der Waals surface area contributed by atoms with E-state index < -0.39 is 10.8 Å². The van der Waals surface area contributed by atoms with Crippen molar-refractivity contribution in [2.75, 3.05) is 25.2 Å². The molecule has 0 bridgehead atoms. The summed E-state index contributed by atoms with van der Waals surface area (Å²) in [6.45, 7) is 5.97. The number of methoxy groups -OCH3 is 1. The minimum atomic E-state index is -0.609. The summed E-state index contributed by atoms with van der Waals surface area (Å²) in [5.41, 5.74) is 0.186. The molecule has 7 nitrogen and oxygen atoms in total. The second-order valence-corrected chi connectivity index (χ2v) is 5.25. The second kappa shape index (κ2) is 8.66. The average Bonchev–Trinajstić information content (AvgIpc) is 2.66. The molecule has 0 radical (unpaired) electrons. The number of hydrogen-bond donors (Lipinski definition) is 0. The second-order valence-electron chi connectivity index (χ2n) is 5.25. The SMILES string of the molecule is C=CCN(C(=O)c1cc(OCC)c(OC)cc1[N+](=O)[O-])c1ccccc1. The van der Waals surface area contributed by atoms with Crippen LogP contribution in [0.5, 0.6) is 11.5 Å². The predicted molar refractivity (Wildman–Crippen MR) is 99.1 cm³/mol. The van der Waals surface area contributed by atoms with Crippen molar-refractivity contribution in [2.24, 2.45) is 0 Å². The van der Waals surface area contributed by atoms with E-state index >= 15 is 0 Å². The van der Waals surface area contributed by atoms with Gasteiger partial charge in [0.25, 0.3) is 11.6 Å². The van der Waals surface area contributed by atoms with E-state index in [1.54, 1.807) is 37.3 Å². The maximum absolute atomic E-state index is 13.1. The van der Waals surface area contributed by atoms with Crippen molar-refractivity contribution in [3.05, 3.63) is 70.8 Å². The minimum absolute atomic E-state index is 0.0787. The Kier molecular flexibility index (Phi) is 6.32. The number of carbonyl (C=O) groups excluding carboxylic acids is 1. The van der Waals surface area contributed by atoms with Crippen LogP contribution < -0.4 is 14.4 Å². The third-order valence-electron chi connectivity index (χ3n) is 3.63. The molecule has 0 spiro atoms. The summed E-state index contributed by atoms with van der Waals surface area (Å²) in [5.74, 6) is -0.0490. The molecule has 7 heteroatoms. The molecule has 0 aliphatic heterocycles. The first kappa shape index (κ1) is 19.0. The Morgan fingerprint density at radius 3 is 2.50 bits per heavy atom. The number of para-hydroxylation sites is 1. The number of ether oxygens (including phenoxy) is 2. The first-order valence-electron chi connectivity index (χ1n) is 8.00. The van der Waals surface area contributed by atoms with E-state index in [-0.39, 0.29) is 29.3 Å². The minimum Gasteiger partial charge on any atom is -0.493 e. The van der Waals surface area contributed by atoms with Gasteiger partial charge in [-0.25, -0.2) is 0 Å². The van der Waals surface area contributed by atoms with E-state index in [1.807, 2.05) is 6.07 Å². The van der Waals surface area contributed by atoms with Crippen LogP contribution in [0.2, 0.25) is 0 Å². The van der Waals surface area contributed by atoms with Crippen molar-refractivity contribution >= 4 is 17.3 Å². The third kappa shape index (κ3) is 4.00. The van der Waals surface area contributed by atoms with E-state index in [0.717, 1.165) is 0 Å². The van der Waals surface area contributed by atoms with Gasteiger partial charge in [0.15, 0.2) is 11.5 Å². The zero-order valence-electron chi connectivity index (χ0n) is 14.7. The summed E-state index contributed by atoms with van der Waals surface area (Å²) >= 11 is 0. The molecule has 0 N–H and O–H groups in total. The Hall–Kier alpha value is -3.35. The topological polar surface area (TPSA) is 81.9 Å². The van der Waals surface area contributed by atoms with Crippen LogP contribution in [0.3, 0.4) is 0 Å². The smallest absolute Gasteiger partial charge is 0.286 e. The number of rotatable bonds is 8. The maximum atomic E-state index is 13.1. The lowest BCUT2D eigenvalue weighted by molar-refractivity contribution is -0.385. The van der Waals surface area contributed by atoms with Crippen molar-refractivity contribution in [2.45, 2.75) is 6.92 Å².